The second kappa shape index (κ2) is 9.94. The fourth-order valence-corrected chi connectivity index (χ4v) is 4.73. The maximum atomic E-state index is 13.8. The van der Waals surface area contributed by atoms with E-state index in [4.69, 9.17) is 9.72 Å². The van der Waals surface area contributed by atoms with Gasteiger partial charge in [-0.2, -0.15) is 5.10 Å². The maximum absolute atomic E-state index is 13.8. The van der Waals surface area contributed by atoms with E-state index in [9.17, 15) is 18.4 Å². The summed E-state index contributed by atoms with van der Waals surface area (Å²) in [7, 11) is 0. The van der Waals surface area contributed by atoms with E-state index in [1.54, 1.807) is 42.6 Å². The number of fused-ring (bicyclic) bond motifs is 1. The number of urea groups is 1. The highest BCUT2D eigenvalue weighted by molar-refractivity contribution is 5.74. The summed E-state index contributed by atoms with van der Waals surface area (Å²) in [5.74, 6) is -2.95. The number of nitrogens with zero attached hydrogens (tertiary/aromatic N) is 4. The van der Waals surface area contributed by atoms with Crippen LogP contribution in [0.4, 0.5) is 18.4 Å². The van der Waals surface area contributed by atoms with E-state index in [0.29, 0.717) is 43.8 Å². The number of ether oxygens (including phenoxy) is 1. The molecule has 35 heavy (non-hydrogen) atoms. The Kier molecular flexibility index (Phi) is 7.14. The Morgan fingerprint density at radius 1 is 1.34 bits per heavy atom. The molecule has 11 heteroatoms. The molecule has 192 valence electrons. The molecule has 2 aromatic rings. The lowest BCUT2D eigenvalue weighted by Gasteiger charge is -2.33. The van der Waals surface area contributed by atoms with Crippen LogP contribution in [0.5, 0.6) is 0 Å². The largest absolute Gasteiger partial charge is 0.444 e. The standard InChI is InChI=1S/C24H34F2N6O3/c1-23(2,3)35-22(34)28-13-18(17-5-7-24(25,26)8-6-17)19-15-32-20(30-19)11-16(12-29-32)14-31-10-4-9-27-21(31)33/h11-12,15,17-18H,4-10,13-14H2,1-3H3,(H,27,33)(H,28,34)/t18-/m1/s1. The van der Waals surface area contributed by atoms with Crippen molar-refractivity contribution in [2.45, 2.75) is 76.9 Å². The summed E-state index contributed by atoms with van der Waals surface area (Å²) in [6, 6.07) is 1.79. The van der Waals surface area contributed by atoms with Crippen molar-refractivity contribution in [3.8, 4) is 0 Å². The van der Waals surface area contributed by atoms with Crippen molar-refractivity contribution in [1.29, 1.82) is 0 Å². The molecule has 2 fully saturated rings. The Bertz CT molecular complexity index is 1060. The molecule has 1 aliphatic carbocycles. The van der Waals surface area contributed by atoms with Gasteiger partial charge in [-0.1, -0.05) is 0 Å². The van der Waals surface area contributed by atoms with Crippen molar-refractivity contribution in [2.24, 2.45) is 5.92 Å². The molecular formula is C24H34F2N6O3. The molecule has 3 amide bonds. The molecule has 0 spiro atoms. The molecule has 0 unspecified atom stereocenters. The van der Waals surface area contributed by atoms with Crippen LogP contribution in [-0.4, -0.2) is 62.8 Å². The number of alkyl halides is 2. The van der Waals surface area contributed by atoms with Gasteiger partial charge in [0.15, 0.2) is 5.65 Å². The fraction of sp³-hybridized carbons (Fsp3) is 0.667. The first-order chi connectivity index (χ1) is 16.5. The third kappa shape index (κ3) is 6.58. The lowest BCUT2D eigenvalue weighted by Crippen LogP contribution is -2.45. The Morgan fingerprint density at radius 3 is 2.77 bits per heavy atom. The first-order valence-electron chi connectivity index (χ1n) is 12.2. The number of carbonyl (C=O) groups is 2. The summed E-state index contributed by atoms with van der Waals surface area (Å²) in [5, 5.41) is 10.1. The van der Waals surface area contributed by atoms with Gasteiger partial charge in [-0.3, -0.25) is 0 Å². The van der Waals surface area contributed by atoms with Crippen LogP contribution in [0.3, 0.4) is 0 Å². The number of rotatable bonds is 6. The van der Waals surface area contributed by atoms with E-state index in [-0.39, 0.29) is 37.3 Å². The molecular weight excluding hydrogens is 458 g/mol. The van der Waals surface area contributed by atoms with Crippen molar-refractivity contribution < 1.29 is 23.1 Å². The van der Waals surface area contributed by atoms with E-state index in [1.807, 2.05) is 6.07 Å². The average Bonchev–Trinajstić information content (AvgIpc) is 3.18. The number of hydrogen-bond acceptors (Lipinski definition) is 5. The van der Waals surface area contributed by atoms with E-state index < -0.39 is 17.6 Å². The second-order valence-electron chi connectivity index (χ2n) is 10.5. The first-order valence-corrected chi connectivity index (χ1v) is 12.2. The van der Waals surface area contributed by atoms with Crippen LogP contribution in [0.15, 0.2) is 18.5 Å². The minimum Gasteiger partial charge on any atom is -0.444 e. The summed E-state index contributed by atoms with van der Waals surface area (Å²) in [5.41, 5.74) is 1.52. The Hall–Kier alpha value is -2.98. The highest BCUT2D eigenvalue weighted by atomic mass is 19.3. The monoisotopic (exact) mass is 492 g/mol. The van der Waals surface area contributed by atoms with Gasteiger partial charge in [-0.15, -0.1) is 0 Å². The van der Waals surface area contributed by atoms with Crippen molar-refractivity contribution in [1.82, 2.24) is 30.1 Å². The molecule has 2 aromatic heterocycles. The molecule has 1 atom stereocenters. The molecule has 1 saturated heterocycles. The zero-order chi connectivity index (χ0) is 25.2. The summed E-state index contributed by atoms with van der Waals surface area (Å²) in [4.78, 5) is 30.8. The third-order valence-corrected chi connectivity index (χ3v) is 6.51. The van der Waals surface area contributed by atoms with Crippen LogP contribution in [0.1, 0.15) is 70.1 Å². The summed E-state index contributed by atoms with van der Waals surface area (Å²) in [6.07, 6.45) is 4.20. The van der Waals surface area contributed by atoms with Gasteiger partial charge in [-0.05, 0) is 57.6 Å². The summed E-state index contributed by atoms with van der Waals surface area (Å²) in [6.45, 7) is 7.38. The normalized spacial score (nSPS) is 19.9. The van der Waals surface area contributed by atoms with Crippen LogP contribution in [-0.2, 0) is 11.3 Å². The van der Waals surface area contributed by atoms with Gasteiger partial charge in [0.25, 0.3) is 0 Å². The van der Waals surface area contributed by atoms with Gasteiger partial charge in [0.2, 0.25) is 5.92 Å². The predicted octanol–water partition coefficient (Wildman–Crippen LogP) is 4.08. The van der Waals surface area contributed by atoms with Gasteiger partial charge in [0.05, 0.1) is 18.1 Å². The maximum Gasteiger partial charge on any atom is 0.407 e. The number of imidazole rings is 1. The van der Waals surface area contributed by atoms with Gasteiger partial charge in [0.1, 0.15) is 5.60 Å². The fourth-order valence-electron chi connectivity index (χ4n) is 4.73. The second-order valence-corrected chi connectivity index (χ2v) is 10.5. The highest BCUT2D eigenvalue weighted by Crippen LogP contribution is 2.42. The lowest BCUT2D eigenvalue weighted by molar-refractivity contribution is -0.0487. The van der Waals surface area contributed by atoms with Gasteiger partial charge in [0, 0.05) is 44.9 Å². The summed E-state index contributed by atoms with van der Waals surface area (Å²) >= 11 is 0. The average molecular weight is 493 g/mol. The minimum atomic E-state index is -2.64. The van der Waals surface area contributed by atoms with Crippen LogP contribution in [0.2, 0.25) is 0 Å². The van der Waals surface area contributed by atoms with Crippen molar-refractivity contribution in [3.63, 3.8) is 0 Å². The van der Waals surface area contributed by atoms with E-state index in [0.717, 1.165) is 12.0 Å². The number of nitrogens with one attached hydrogen (secondary N) is 2. The highest BCUT2D eigenvalue weighted by Gasteiger charge is 2.39. The molecule has 0 bridgehead atoms. The topological polar surface area (TPSA) is 101 Å². The van der Waals surface area contributed by atoms with Crippen LogP contribution in [0, 0.1) is 5.92 Å². The van der Waals surface area contributed by atoms with Crippen molar-refractivity contribution in [2.75, 3.05) is 19.6 Å². The molecule has 2 aliphatic rings. The molecule has 2 N–H and O–H groups in total. The molecule has 0 radical (unpaired) electrons. The van der Waals surface area contributed by atoms with E-state index in [2.05, 4.69) is 15.7 Å². The van der Waals surface area contributed by atoms with Crippen LogP contribution in [0.25, 0.3) is 5.65 Å². The number of halogens is 2. The van der Waals surface area contributed by atoms with Crippen molar-refractivity contribution in [3.05, 3.63) is 29.7 Å². The zero-order valence-corrected chi connectivity index (χ0v) is 20.5. The lowest BCUT2D eigenvalue weighted by atomic mass is 9.77. The first kappa shape index (κ1) is 25.1. The molecule has 4 rings (SSSR count). The third-order valence-electron chi connectivity index (χ3n) is 6.51. The Labute approximate surface area is 203 Å². The zero-order valence-electron chi connectivity index (χ0n) is 20.5. The van der Waals surface area contributed by atoms with Gasteiger partial charge >= 0.3 is 12.1 Å². The van der Waals surface area contributed by atoms with Crippen molar-refractivity contribution >= 4 is 17.8 Å². The number of amides is 3. The number of alkyl carbamates (subject to hydrolysis) is 1. The molecule has 1 saturated carbocycles. The molecule has 9 nitrogen and oxygen atoms in total. The van der Waals surface area contributed by atoms with Crippen LogP contribution >= 0.6 is 0 Å². The molecule has 0 aromatic carbocycles. The number of aromatic nitrogens is 3. The molecule has 3 heterocycles. The van der Waals surface area contributed by atoms with E-state index in [1.165, 1.54) is 0 Å². The Balaban J connectivity index is 1.53. The minimum absolute atomic E-state index is 0.0500. The Morgan fingerprint density at radius 2 is 2.09 bits per heavy atom. The van der Waals surface area contributed by atoms with Crippen LogP contribution < -0.4 is 10.6 Å². The number of carbonyl (C=O) groups excluding carboxylic acids is 2. The SMILES string of the molecule is CC(C)(C)OC(=O)NC[C@@H](c1cn2ncc(CN3CCCNC3=O)cc2n1)C1CCC(F)(F)CC1. The number of hydrogen-bond donors (Lipinski definition) is 2. The quantitative estimate of drug-likeness (QED) is 0.633. The summed E-state index contributed by atoms with van der Waals surface area (Å²) < 4.78 is 34.6. The van der Waals surface area contributed by atoms with E-state index >= 15 is 0 Å². The van der Waals surface area contributed by atoms with Gasteiger partial charge < -0.3 is 20.3 Å². The smallest absolute Gasteiger partial charge is 0.407 e. The predicted molar refractivity (Wildman–Crippen MR) is 125 cm³/mol. The molecule has 1 aliphatic heterocycles. The van der Waals surface area contributed by atoms with Gasteiger partial charge in [-0.25, -0.2) is 27.9 Å².